The Morgan fingerprint density at radius 1 is 1.08 bits per heavy atom. The van der Waals surface area contributed by atoms with Crippen molar-refractivity contribution < 1.29 is 33.3 Å². The van der Waals surface area contributed by atoms with Crippen LogP contribution in [0.4, 0.5) is 9.18 Å². The van der Waals surface area contributed by atoms with Crippen molar-refractivity contribution in [3.63, 3.8) is 0 Å². The molecule has 3 atom stereocenters. The molecule has 0 aromatic heterocycles. The topological polar surface area (TPSA) is 85.3 Å². The number of hydrogen-bond acceptors (Lipinski definition) is 6. The maximum atomic E-state index is 15.0. The third kappa shape index (κ3) is 5.90. The van der Waals surface area contributed by atoms with E-state index < -0.39 is 36.1 Å². The molecule has 188 valence electrons. The molecule has 0 unspecified atom stereocenters. The summed E-state index contributed by atoms with van der Waals surface area (Å²) < 4.78 is 31.3. The number of cyclic esters (lactones) is 1. The summed E-state index contributed by atoms with van der Waals surface area (Å²) in [6.45, 7) is 1.99. The normalized spacial score (nSPS) is 16.9. The lowest BCUT2D eigenvalue weighted by atomic mass is 10.0. The number of nitrogens with zero attached hydrogens (tertiary/aromatic N) is 1. The number of ether oxygens (including phenoxy) is 3. The van der Waals surface area contributed by atoms with Crippen molar-refractivity contribution in [3.8, 4) is 5.75 Å². The molecule has 4 rings (SSSR count). The standard InChI is InChI=1S/C28H28FNO6/c1-2-34-26(27(32)30-21(18-36-28(30)33)15-19-9-5-3-6-10-19)25(31)23-14-13-22(16-24(23)29)35-17-20-11-7-4-8-12-20/h3-14,16,21,25-26,31H,2,15,17-18H2,1H3/t21-,25+,26-/m0/s1. The highest BCUT2D eigenvalue weighted by atomic mass is 19.1. The van der Waals surface area contributed by atoms with Crippen molar-refractivity contribution in [3.05, 3.63) is 101 Å². The van der Waals surface area contributed by atoms with E-state index in [1.807, 2.05) is 60.7 Å². The number of amides is 2. The SMILES string of the molecule is CCO[C@H](C(=O)N1C(=O)OC[C@@H]1Cc1ccccc1)[C@H](O)c1ccc(OCc2ccccc2)cc1F. The molecular weight excluding hydrogens is 465 g/mol. The van der Waals surface area contributed by atoms with Crippen molar-refractivity contribution in [2.45, 2.75) is 38.2 Å². The average Bonchev–Trinajstić information content (AvgIpc) is 3.26. The second-order valence-corrected chi connectivity index (χ2v) is 8.41. The molecule has 2 amide bonds. The van der Waals surface area contributed by atoms with Crippen LogP contribution in [0.1, 0.15) is 29.7 Å². The summed E-state index contributed by atoms with van der Waals surface area (Å²) in [4.78, 5) is 26.8. The molecule has 0 bridgehead atoms. The zero-order valence-electron chi connectivity index (χ0n) is 19.9. The van der Waals surface area contributed by atoms with E-state index in [0.717, 1.165) is 22.1 Å². The van der Waals surface area contributed by atoms with Gasteiger partial charge in [-0.15, -0.1) is 0 Å². The number of aliphatic hydroxyl groups is 1. The minimum atomic E-state index is -1.65. The summed E-state index contributed by atoms with van der Waals surface area (Å²) in [6, 6.07) is 22.2. The first-order valence-corrected chi connectivity index (χ1v) is 11.8. The smallest absolute Gasteiger partial charge is 0.417 e. The molecule has 0 saturated carbocycles. The summed E-state index contributed by atoms with van der Waals surface area (Å²) in [5.41, 5.74) is 1.71. The van der Waals surface area contributed by atoms with E-state index in [9.17, 15) is 19.1 Å². The van der Waals surface area contributed by atoms with Crippen LogP contribution in [0, 0.1) is 5.82 Å². The predicted molar refractivity (Wildman–Crippen MR) is 130 cm³/mol. The molecule has 1 saturated heterocycles. The first kappa shape index (κ1) is 25.3. The molecule has 3 aromatic carbocycles. The van der Waals surface area contributed by atoms with Gasteiger partial charge in [-0.2, -0.15) is 0 Å². The second-order valence-electron chi connectivity index (χ2n) is 8.41. The van der Waals surface area contributed by atoms with Gasteiger partial charge in [0, 0.05) is 18.2 Å². The summed E-state index contributed by atoms with van der Waals surface area (Å²) in [7, 11) is 0. The summed E-state index contributed by atoms with van der Waals surface area (Å²) in [6.07, 6.45) is -3.58. The Morgan fingerprint density at radius 3 is 2.39 bits per heavy atom. The summed E-state index contributed by atoms with van der Waals surface area (Å²) in [5, 5.41) is 11.0. The van der Waals surface area contributed by atoms with Crippen LogP contribution in [0.2, 0.25) is 0 Å². The fourth-order valence-electron chi connectivity index (χ4n) is 4.12. The molecule has 7 nitrogen and oxygen atoms in total. The van der Waals surface area contributed by atoms with E-state index in [-0.39, 0.29) is 31.1 Å². The van der Waals surface area contributed by atoms with Gasteiger partial charge in [-0.05, 0) is 36.6 Å². The number of hydrogen-bond donors (Lipinski definition) is 1. The number of imide groups is 1. The Morgan fingerprint density at radius 2 is 1.75 bits per heavy atom. The van der Waals surface area contributed by atoms with E-state index in [4.69, 9.17) is 14.2 Å². The van der Waals surface area contributed by atoms with Crippen molar-refractivity contribution in [2.75, 3.05) is 13.2 Å². The maximum Gasteiger partial charge on any atom is 0.417 e. The molecule has 0 aliphatic carbocycles. The first-order valence-electron chi connectivity index (χ1n) is 11.8. The van der Waals surface area contributed by atoms with Crippen molar-refractivity contribution in [1.82, 2.24) is 4.90 Å². The van der Waals surface area contributed by atoms with Gasteiger partial charge in [-0.3, -0.25) is 4.79 Å². The Labute approximate surface area is 209 Å². The molecule has 1 N–H and O–H groups in total. The number of aliphatic hydroxyl groups excluding tert-OH is 1. The monoisotopic (exact) mass is 493 g/mol. The fraction of sp³-hybridized carbons (Fsp3) is 0.286. The molecule has 1 aliphatic rings. The Hall–Kier alpha value is -3.75. The van der Waals surface area contributed by atoms with Crippen molar-refractivity contribution >= 4 is 12.0 Å². The van der Waals surface area contributed by atoms with Gasteiger partial charge >= 0.3 is 6.09 Å². The highest BCUT2D eigenvalue weighted by molar-refractivity contribution is 5.96. The molecule has 1 fully saturated rings. The lowest BCUT2D eigenvalue weighted by Gasteiger charge is -2.28. The van der Waals surface area contributed by atoms with E-state index >= 15 is 0 Å². The van der Waals surface area contributed by atoms with Crippen molar-refractivity contribution in [1.29, 1.82) is 0 Å². The predicted octanol–water partition coefficient (Wildman–Crippen LogP) is 4.43. The van der Waals surface area contributed by atoms with E-state index in [1.165, 1.54) is 12.1 Å². The minimum absolute atomic E-state index is 0.0240. The van der Waals surface area contributed by atoms with Crippen LogP contribution in [-0.4, -0.2) is 47.4 Å². The molecule has 0 radical (unpaired) electrons. The Balaban J connectivity index is 1.49. The number of halogens is 1. The minimum Gasteiger partial charge on any atom is -0.489 e. The molecule has 1 heterocycles. The van der Waals surface area contributed by atoms with E-state index in [0.29, 0.717) is 6.42 Å². The molecule has 36 heavy (non-hydrogen) atoms. The second kappa shape index (κ2) is 11.8. The number of rotatable bonds is 10. The molecule has 8 heteroatoms. The van der Waals surface area contributed by atoms with Crippen molar-refractivity contribution in [2.24, 2.45) is 0 Å². The maximum absolute atomic E-state index is 15.0. The van der Waals surface area contributed by atoms with Crippen LogP contribution in [0.15, 0.2) is 78.9 Å². The zero-order valence-corrected chi connectivity index (χ0v) is 19.9. The zero-order chi connectivity index (χ0) is 25.5. The highest BCUT2D eigenvalue weighted by Crippen LogP contribution is 2.29. The number of carbonyl (C=O) groups excluding carboxylic acids is 2. The van der Waals surface area contributed by atoms with Gasteiger partial charge in [0.25, 0.3) is 5.91 Å². The fourth-order valence-corrected chi connectivity index (χ4v) is 4.12. The molecular formula is C28H28FNO6. The van der Waals surface area contributed by atoms with E-state index in [2.05, 4.69) is 0 Å². The van der Waals surface area contributed by atoms with Gasteiger partial charge in [-0.25, -0.2) is 14.1 Å². The third-order valence-corrected chi connectivity index (χ3v) is 5.93. The van der Waals surface area contributed by atoms with Gasteiger partial charge in [-0.1, -0.05) is 60.7 Å². The van der Waals surface area contributed by atoms with Crippen LogP contribution in [0.5, 0.6) is 5.75 Å². The van der Waals surface area contributed by atoms with Crippen LogP contribution >= 0.6 is 0 Å². The Bertz CT molecular complexity index is 1170. The first-order chi connectivity index (χ1) is 17.5. The molecule has 1 aliphatic heterocycles. The van der Waals surface area contributed by atoms with E-state index in [1.54, 1.807) is 6.92 Å². The van der Waals surface area contributed by atoms with Crippen LogP contribution < -0.4 is 4.74 Å². The average molecular weight is 494 g/mol. The van der Waals surface area contributed by atoms with Gasteiger partial charge < -0.3 is 19.3 Å². The van der Waals surface area contributed by atoms with Crippen LogP contribution in [0.25, 0.3) is 0 Å². The largest absolute Gasteiger partial charge is 0.489 e. The highest BCUT2D eigenvalue weighted by Gasteiger charge is 2.44. The number of carbonyl (C=O) groups is 2. The number of benzene rings is 3. The summed E-state index contributed by atoms with van der Waals surface area (Å²) >= 11 is 0. The lowest BCUT2D eigenvalue weighted by Crippen LogP contribution is -2.48. The molecule has 3 aromatic rings. The third-order valence-electron chi connectivity index (χ3n) is 5.93. The van der Waals surface area contributed by atoms with Gasteiger partial charge in [0.15, 0.2) is 6.10 Å². The van der Waals surface area contributed by atoms with Gasteiger partial charge in [0.05, 0.1) is 6.04 Å². The van der Waals surface area contributed by atoms with Crippen LogP contribution in [0.3, 0.4) is 0 Å². The van der Waals surface area contributed by atoms with Gasteiger partial charge in [0.1, 0.15) is 30.9 Å². The Kier molecular flexibility index (Phi) is 8.30. The lowest BCUT2D eigenvalue weighted by molar-refractivity contribution is -0.149. The molecule has 0 spiro atoms. The summed E-state index contributed by atoms with van der Waals surface area (Å²) in [5.74, 6) is -1.26. The van der Waals surface area contributed by atoms with Gasteiger partial charge in [0.2, 0.25) is 0 Å². The quantitative estimate of drug-likeness (QED) is 0.450. The van der Waals surface area contributed by atoms with Crippen LogP contribution in [-0.2, 0) is 27.3 Å².